The molecule has 2 aromatic rings. The first-order valence-corrected chi connectivity index (χ1v) is 6.73. The molecule has 0 spiro atoms. The van der Waals surface area contributed by atoms with Crippen LogP contribution in [0.4, 0.5) is 0 Å². The van der Waals surface area contributed by atoms with Gasteiger partial charge in [-0.25, -0.2) is 0 Å². The smallest absolute Gasteiger partial charge is 0.0322 e. The molecular formula is C19H18. The van der Waals surface area contributed by atoms with Crippen LogP contribution < -0.4 is 0 Å². The lowest BCUT2D eigenvalue weighted by atomic mass is 9.75. The van der Waals surface area contributed by atoms with Gasteiger partial charge >= 0.3 is 0 Å². The van der Waals surface area contributed by atoms with Crippen LogP contribution in [-0.2, 0) is 5.41 Å². The molecule has 0 nitrogen and oxygen atoms in total. The lowest BCUT2D eigenvalue weighted by Crippen LogP contribution is -2.19. The van der Waals surface area contributed by atoms with E-state index in [9.17, 15) is 0 Å². The largest absolute Gasteiger partial charge is 0.0702 e. The first-order valence-electron chi connectivity index (χ1n) is 6.73. The number of allylic oxidation sites excluding steroid dienone is 4. The number of rotatable bonds is 2. The molecule has 1 aliphatic carbocycles. The second-order valence-corrected chi connectivity index (χ2v) is 5.32. The summed E-state index contributed by atoms with van der Waals surface area (Å²) in [5, 5.41) is 0. The van der Waals surface area contributed by atoms with Gasteiger partial charge in [0.15, 0.2) is 0 Å². The molecule has 1 unspecified atom stereocenters. The summed E-state index contributed by atoms with van der Waals surface area (Å²) in [7, 11) is 0. The van der Waals surface area contributed by atoms with Crippen molar-refractivity contribution in [1.29, 1.82) is 0 Å². The first kappa shape index (κ1) is 12.0. The quantitative estimate of drug-likeness (QED) is 0.689. The molecule has 1 aliphatic rings. The molecule has 1 atom stereocenters. The van der Waals surface area contributed by atoms with E-state index < -0.39 is 0 Å². The topological polar surface area (TPSA) is 0 Å². The highest BCUT2D eigenvalue weighted by Crippen LogP contribution is 2.41. The van der Waals surface area contributed by atoms with Gasteiger partial charge in [-0.15, -0.1) is 0 Å². The van der Waals surface area contributed by atoms with Crippen molar-refractivity contribution in [1.82, 2.24) is 0 Å². The third-order valence-corrected chi connectivity index (χ3v) is 4.17. The second kappa shape index (κ2) is 4.55. The zero-order valence-electron chi connectivity index (χ0n) is 11.4. The predicted octanol–water partition coefficient (Wildman–Crippen LogP) is 5.13. The lowest BCUT2D eigenvalue weighted by Gasteiger charge is -2.28. The van der Waals surface area contributed by atoms with Crippen molar-refractivity contribution < 1.29 is 0 Å². The highest BCUT2D eigenvalue weighted by Gasteiger charge is 2.30. The molecule has 0 amide bonds. The standard InChI is InChI=1S/C19H18/c1-15-9-8-14-19(15,2)18-13-7-6-12-17(18)16-10-4-3-5-11-16/h3-14H,1-2H3. The van der Waals surface area contributed by atoms with Crippen LogP contribution in [0.1, 0.15) is 19.4 Å². The highest BCUT2D eigenvalue weighted by molar-refractivity contribution is 5.71. The molecule has 2 aromatic carbocycles. The summed E-state index contributed by atoms with van der Waals surface area (Å²) in [5.74, 6) is 0. The normalized spacial score (nSPS) is 21.5. The van der Waals surface area contributed by atoms with E-state index >= 15 is 0 Å². The van der Waals surface area contributed by atoms with E-state index in [0.29, 0.717) is 0 Å². The van der Waals surface area contributed by atoms with E-state index in [0.717, 1.165) is 0 Å². The molecule has 0 heteroatoms. The molecule has 0 N–H and O–H groups in total. The third kappa shape index (κ3) is 1.94. The monoisotopic (exact) mass is 246 g/mol. The third-order valence-electron chi connectivity index (χ3n) is 4.17. The molecule has 0 radical (unpaired) electrons. The SMILES string of the molecule is CC1=CC=CC1(C)c1ccccc1-c1ccccc1. The second-order valence-electron chi connectivity index (χ2n) is 5.32. The van der Waals surface area contributed by atoms with Gasteiger partial charge in [0.1, 0.15) is 0 Å². The fraction of sp³-hybridized carbons (Fsp3) is 0.158. The van der Waals surface area contributed by atoms with E-state index in [-0.39, 0.29) is 5.41 Å². The maximum Gasteiger partial charge on any atom is 0.0322 e. The maximum absolute atomic E-state index is 2.30. The van der Waals surface area contributed by atoms with Gasteiger partial charge in [-0.3, -0.25) is 0 Å². The van der Waals surface area contributed by atoms with Crippen molar-refractivity contribution in [3.8, 4) is 11.1 Å². The van der Waals surface area contributed by atoms with Crippen molar-refractivity contribution in [3.05, 3.63) is 84.0 Å². The zero-order chi connectivity index (χ0) is 13.3. The Kier molecular flexibility index (Phi) is 2.87. The van der Waals surface area contributed by atoms with Gasteiger partial charge in [0.25, 0.3) is 0 Å². The van der Waals surface area contributed by atoms with Gasteiger partial charge < -0.3 is 0 Å². The molecule has 0 bridgehead atoms. The minimum atomic E-state index is 0.0203. The fourth-order valence-electron chi connectivity index (χ4n) is 2.80. The van der Waals surface area contributed by atoms with Gasteiger partial charge in [-0.05, 0) is 30.5 Å². The van der Waals surface area contributed by atoms with E-state index in [4.69, 9.17) is 0 Å². The van der Waals surface area contributed by atoms with Gasteiger partial charge in [0.2, 0.25) is 0 Å². The minimum Gasteiger partial charge on any atom is -0.0702 e. The van der Waals surface area contributed by atoms with Crippen LogP contribution in [0.2, 0.25) is 0 Å². The average Bonchev–Trinajstić information content (AvgIpc) is 2.81. The summed E-state index contributed by atoms with van der Waals surface area (Å²) in [6.07, 6.45) is 6.67. The van der Waals surface area contributed by atoms with Crippen LogP contribution in [-0.4, -0.2) is 0 Å². The number of benzene rings is 2. The van der Waals surface area contributed by atoms with Crippen molar-refractivity contribution in [2.45, 2.75) is 19.3 Å². The van der Waals surface area contributed by atoms with Crippen LogP contribution in [0.25, 0.3) is 11.1 Å². The van der Waals surface area contributed by atoms with E-state index in [2.05, 4.69) is 86.7 Å². The Labute approximate surface area is 115 Å². The van der Waals surface area contributed by atoms with Crippen molar-refractivity contribution in [2.24, 2.45) is 0 Å². The van der Waals surface area contributed by atoms with Gasteiger partial charge in [-0.1, -0.05) is 78.4 Å². The Morgan fingerprint density at radius 3 is 2.21 bits per heavy atom. The zero-order valence-corrected chi connectivity index (χ0v) is 11.4. The van der Waals surface area contributed by atoms with Gasteiger partial charge in [-0.2, -0.15) is 0 Å². The van der Waals surface area contributed by atoms with Crippen molar-refractivity contribution in [3.63, 3.8) is 0 Å². The van der Waals surface area contributed by atoms with Crippen molar-refractivity contribution in [2.75, 3.05) is 0 Å². The van der Waals surface area contributed by atoms with Gasteiger partial charge in [0, 0.05) is 5.41 Å². The number of hydrogen-bond donors (Lipinski definition) is 0. The number of hydrogen-bond acceptors (Lipinski definition) is 0. The Morgan fingerprint density at radius 1 is 0.842 bits per heavy atom. The predicted molar refractivity (Wildman–Crippen MR) is 82.1 cm³/mol. The Bertz CT molecular complexity index is 647. The molecule has 94 valence electrons. The summed E-state index contributed by atoms with van der Waals surface area (Å²) >= 11 is 0. The summed E-state index contributed by atoms with van der Waals surface area (Å²) in [5.41, 5.74) is 5.41. The Balaban J connectivity index is 2.19. The Morgan fingerprint density at radius 2 is 1.53 bits per heavy atom. The molecule has 0 saturated heterocycles. The van der Waals surface area contributed by atoms with Gasteiger partial charge in [0.05, 0.1) is 0 Å². The molecular weight excluding hydrogens is 228 g/mol. The highest BCUT2D eigenvalue weighted by atomic mass is 14.3. The van der Waals surface area contributed by atoms with E-state index in [1.54, 1.807) is 0 Å². The summed E-state index contributed by atoms with van der Waals surface area (Å²) < 4.78 is 0. The molecule has 0 fully saturated rings. The van der Waals surface area contributed by atoms with Crippen LogP contribution in [0.15, 0.2) is 78.4 Å². The van der Waals surface area contributed by atoms with E-state index in [1.807, 2.05) is 0 Å². The van der Waals surface area contributed by atoms with Crippen LogP contribution in [0, 0.1) is 0 Å². The van der Waals surface area contributed by atoms with Crippen LogP contribution in [0.3, 0.4) is 0 Å². The molecule has 3 rings (SSSR count). The minimum absolute atomic E-state index is 0.0203. The summed E-state index contributed by atoms with van der Waals surface area (Å²) in [4.78, 5) is 0. The van der Waals surface area contributed by atoms with Crippen molar-refractivity contribution >= 4 is 0 Å². The summed E-state index contributed by atoms with van der Waals surface area (Å²) in [6, 6.07) is 19.3. The summed E-state index contributed by atoms with van der Waals surface area (Å²) in [6.45, 7) is 4.51. The molecule has 19 heavy (non-hydrogen) atoms. The van der Waals surface area contributed by atoms with E-state index in [1.165, 1.54) is 22.3 Å². The molecule has 0 heterocycles. The molecule has 0 saturated carbocycles. The fourth-order valence-corrected chi connectivity index (χ4v) is 2.80. The van der Waals surface area contributed by atoms with Crippen LogP contribution >= 0.6 is 0 Å². The maximum atomic E-state index is 2.30. The molecule has 0 aromatic heterocycles. The Hall–Kier alpha value is -2.08. The first-order chi connectivity index (χ1) is 9.22. The van der Waals surface area contributed by atoms with Crippen LogP contribution in [0.5, 0.6) is 0 Å². The average molecular weight is 246 g/mol. The molecule has 0 aliphatic heterocycles. The lowest BCUT2D eigenvalue weighted by molar-refractivity contribution is 0.719.